The second-order valence-electron chi connectivity index (χ2n) is 3.98. The Morgan fingerprint density at radius 2 is 2.13 bits per heavy atom. The van der Waals surface area contributed by atoms with Crippen molar-refractivity contribution in [1.29, 1.82) is 0 Å². The van der Waals surface area contributed by atoms with Gasteiger partial charge in [0.1, 0.15) is 12.1 Å². The first-order chi connectivity index (χ1) is 7.13. The van der Waals surface area contributed by atoms with Crippen LogP contribution in [0, 0.1) is 11.8 Å². The Balaban J connectivity index is 1.95. The summed E-state index contributed by atoms with van der Waals surface area (Å²) in [6.45, 7) is 3.49. The zero-order valence-electron chi connectivity index (χ0n) is 8.23. The summed E-state index contributed by atoms with van der Waals surface area (Å²) in [5.74, 6) is -0.747. The van der Waals surface area contributed by atoms with E-state index in [-0.39, 0.29) is 18.4 Å². The molecule has 2 aliphatic rings. The highest BCUT2D eigenvalue weighted by Crippen LogP contribution is 2.64. The molecule has 0 aromatic carbocycles. The lowest BCUT2D eigenvalue weighted by atomic mass is 10.0. The van der Waals surface area contributed by atoms with Crippen LogP contribution in [-0.4, -0.2) is 29.3 Å². The Morgan fingerprint density at radius 3 is 2.53 bits per heavy atom. The number of alkyl carbamates (subject to hydrolysis) is 1. The van der Waals surface area contributed by atoms with Crippen LogP contribution in [0.3, 0.4) is 0 Å². The Morgan fingerprint density at radius 1 is 1.53 bits per heavy atom. The van der Waals surface area contributed by atoms with E-state index in [9.17, 15) is 9.59 Å². The number of carboxylic acids is 1. The molecule has 2 rings (SSSR count). The van der Waals surface area contributed by atoms with E-state index >= 15 is 0 Å². The average Bonchev–Trinajstić information content (AvgIpc) is 2.58. The van der Waals surface area contributed by atoms with Gasteiger partial charge in [-0.1, -0.05) is 12.7 Å². The molecule has 0 bridgehead atoms. The highest BCUT2D eigenvalue weighted by Gasteiger charge is 2.75. The molecular formula is C10H13NO4. The highest BCUT2D eigenvalue weighted by atomic mass is 16.5. The van der Waals surface area contributed by atoms with Gasteiger partial charge in [0.15, 0.2) is 0 Å². The molecule has 5 heteroatoms. The van der Waals surface area contributed by atoms with Crippen molar-refractivity contribution in [3.05, 3.63) is 12.7 Å². The average molecular weight is 211 g/mol. The fraction of sp³-hybridized carbons (Fsp3) is 0.600. The van der Waals surface area contributed by atoms with Gasteiger partial charge >= 0.3 is 12.1 Å². The molecule has 3 atom stereocenters. The van der Waals surface area contributed by atoms with Crippen LogP contribution in [0.4, 0.5) is 4.79 Å². The zero-order chi connectivity index (χ0) is 11.1. The minimum atomic E-state index is -1.04. The van der Waals surface area contributed by atoms with Crippen molar-refractivity contribution in [2.24, 2.45) is 11.8 Å². The number of aliphatic carboxylic acids is 1. The number of carboxylic acid groups (broad SMARTS) is 1. The van der Waals surface area contributed by atoms with Gasteiger partial charge in [0.2, 0.25) is 0 Å². The molecule has 0 heterocycles. The highest BCUT2D eigenvalue weighted by molar-refractivity contribution is 5.89. The first-order valence-electron chi connectivity index (χ1n) is 4.92. The summed E-state index contributed by atoms with van der Waals surface area (Å²) in [7, 11) is 0. The van der Waals surface area contributed by atoms with Crippen LogP contribution >= 0.6 is 0 Å². The molecule has 0 saturated heterocycles. The van der Waals surface area contributed by atoms with Gasteiger partial charge in [-0.3, -0.25) is 0 Å². The molecule has 2 aliphatic carbocycles. The number of carbonyl (C=O) groups is 2. The van der Waals surface area contributed by atoms with Crippen molar-refractivity contribution < 1.29 is 19.4 Å². The zero-order valence-corrected chi connectivity index (χ0v) is 8.23. The van der Waals surface area contributed by atoms with E-state index in [0.717, 1.165) is 12.8 Å². The lowest BCUT2D eigenvalue weighted by molar-refractivity contribution is -0.141. The third kappa shape index (κ3) is 1.30. The Bertz CT molecular complexity index is 315. The number of fused-ring (bicyclic) bond motifs is 1. The Kier molecular flexibility index (Phi) is 2.17. The second kappa shape index (κ2) is 3.25. The summed E-state index contributed by atoms with van der Waals surface area (Å²) in [6.07, 6.45) is 2.51. The van der Waals surface area contributed by atoms with Gasteiger partial charge < -0.3 is 15.2 Å². The van der Waals surface area contributed by atoms with E-state index in [1.165, 1.54) is 6.08 Å². The molecule has 1 unspecified atom stereocenters. The minimum absolute atomic E-state index is 0.0941. The molecule has 2 N–H and O–H groups in total. The standard InChI is InChI=1S/C10H13NO4/c1-2-5-15-9(14)11-10(8(12)13)6-3-4-7(6)10/h2,6-7H,1,3-5H2,(H,11,14)(H,12,13)/t6-,7+,10?. The monoisotopic (exact) mass is 211 g/mol. The molecular weight excluding hydrogens is 198 g/mol. The number of amides is 1. The molecule has 0 radical (unpaired) electrons. The van der Waals surface area contributed by atoms with Crippen LogP contribution in [0.5, 0.6) is 0 Å². The van der Waals surface area contributed by atoms with Crippen LogP contribution in [0.2, 0.25) is 0 Å². The van der Waals surface area contributed by atoms with E-state index in [1.54, 1.807) is 0 Å². The van der Waals surface area contributed by atoms with Crippen molar-refractivity contribution in [3.63, 3.8) is 0 Å². The van der Waals surface area contributed by atoms with E-state index < -0.39 is 17.6 Å². The minimum Gasteiger partial charge on any atom is -0.479 e. The topological polar surface area (TPSA) is 75.6 Å². The molecule has 15 heavy (non-hydrogen) atoms. The third-order valence-electron chi connectivity index (χ3n) is 3.33. The molecule has 5 nitrogen and oxygen atoms in total. The Hall–Kier alpha value is -1.52. The van der Waals surface area contributed by atoms with Gasteiger partial charge in [-0.25, -0.2) is 9.59 Å². The predicted octanol–water partition coefficient (Wildman–Crippen LogP) is 0.762. The number of ether oxygens (including phenoxy) is 1. The van der Waals surface area contributed by atoms with Gasteiger partial charge in [-0.15, -0.1) is 0 Å². The fourth-order valence-corrected chi connectivity index (χ4v) is 2.39. The lowest BCUT2D eigenvalue weighted by Gasteiger charge is -2.12. The summed E-state index contributed by atoms with van der Waals surface area (Å²) in [6, 6.07) is 0. The summed E-state index contributed by atoms with van der Waals surface area (Å²) in [5.41, 5.74) is -1.04. The molecule has 0 aliphatic heterocycles. The van der Waals surface area contributed by atoms with Crippen LogP contribution in [-0.2, 0) is 9.53 Å². The van der Waals surface area contributed by atoms with Crippen molar-refractivity contribution in [2.45, 2.75) is 18.4 Å². The smallest absolute Gasteiger partial charge is 0.408 e. The van der Waals surface area contributed by atoms with Crippen molar-refractivity contribution in [2.75, 3.05) is 6.61 Å². The Labute approximate surface area is 87.1 Å². The van der Waals surface area contributed by atoms with Crippen LogP contribution in [0.1, 0.15) is 12.8 Å². The van der Waals surface area contributed by atoms with E-state index in [2.05, 4.69) is 11.9 Å². The quantitative estimate of drug-likeness (QED) is 0.673. The largest absolute Gasteiger partial charge is 0.479 e. The number of hydrogen-bond acceptors (Lipinski definition) is 3. The van der Waals surface area contributed by atoms with E-state index in [4.69, 9.17) is 9.84 Å². The van der Waals surface area contributed by atoms with Gasteiger partial charge in [-0.2, -0.15) is 0 Å². The van der Waals surface area contributed by atoms with Gasteiger partial charge in [0, 0.05) is 0 Å². The second-order valence-corrected chi connectivity index (χ2v) is 3.98. The van der Waals surface area contributed by atoms with Crippen molar-refractivity contribution >= 4 is 12.1 Å². The van der Waals surface area contributed by atoms with E-state index in [1.807, 2.05) is 0 Å². The van der Waals surface area contributed by atoms with E-state index in [0.29, 0.717) is 0 Å². The SMILES string of the molecule is C=CCOC(=O)NC1(C(=O)O)[C@@H]2CC[C@@H]21. The van der Waals surface area contributed by atoms with Crippen LogP contribution in [0.15, 0.2) is 12.7 Å². The molecule has 0 aromatic rings. The molecule has 0 aromatic heterocycles. The predicted molar refractivity (Wildman–Crippen MR) is 51.3 cm³/mol. The van der Waals surface area contributed by atoms with Gasteiger partial charge in [0.05, 0.1) is 0 Å². The number of hydrogen-bond donors (Lipinski definition) is 2. The fourth-order valence-electron chi connectivity index (χ4n) is 2.39. The normalized spacial score (nSPS) is 35.7. The molecule has 0 spiro atoms. The molecule has 1 amide bonds. The summed E-state index contributed by atoms with van der Waals surface area (Å²) in [4.78, 5) is 22.3. The summed E-state index contributed by atoms with van der Waals surface area (Å²) < 4.78 is 4.71. The number of nitrogens with one attached hydrogen (secondary N) is 1. The number of carbonyl (C=O) groups excluding carboxylic acids is 1. The maximum Gasteiger partial charge on any atom is 0.408 e. The summed E-state index contributed by atoms with van der Waals surface area (Å²) >= 11 is 0. The van der Waals surface area contributed by atoms with Crippen molar-refractivity contribution in [1.82, 2.24) is 5.32 Å². The first kappa shape index (κ1) is 10.0. The molecule has 2 fully saturated rings. The summed E-state index contributed by atoms with van der Waals surface area (Å²) in [5, 5.41) is 11.5. The molecule has 82 valence electrons. The first-order valence-corrected chi connectivity index (χ1v) is 4.92. The maximum absolute atomic E-state index is 11.2. The van der Waals surface area contributed by atoms with Crippen LogP contribution in [0.25, 0.3) is 0 Å². The maximum atomic E-state index is 11.2. The lowest BCUT2D eigenvalue weighted by Crippen LogP contribution is -2.45. The van der Waals surface area contributed by atoms with Crippen molar-refractivity contribution in [3.8, 4) is 0 Å². The van der Waals surface area contributed by atoms with Gasteiger partial charge in [-0.05, 0) is 24.7 Å². The van der Waals surface area contributed by atoms with Crippen LogP contribution < -0.4 is 5.32 Å². The number of rotatable bonds is 4. The van der Waals surface area contributed by atoms with Gasteiger partial charge in [0.25, 0.3) is 0 Å². The molecule has 2 saturated carbocycles. The third-order valence-corrected chi connectivity index (χ3v) is 3.33.